The number of ether oxygens (including phenoxy) is 1. The smallest absolute Gasteiger partial charge is 0.780 e. The number of furan rings is 2. The minimum atomic E-state index is -5.37. The summed E-state index contributed by atoms with van der Waals surface area (Å²) in [5, 5.41) is 0.285. The zero-order valence-electron chi connectivity index (χ0n) is 19.8. The Morgan fingerprint density at radius 2 is 1.74 bits per heavy atom. The molecule has 0 bridgehead atoms. The second-order valence-corrected chi connectivity index (χ2v) is 8.44. The Labute approximate surface area is 240 Å². The second-order valence-electron chi connectivity index (χ2n) is 7.36. The van der Waals surface area contributed by atoms with Crippen molar-refractivity contribution in [3.8, 4) is 23.0 Å². The molecule has 0 N–H and O–H groups in total. The number of aryl methyl sites for hydroxylation is 2. The predicted octanol–water partition coefficient (Wildman–Crippen LogP) is -1.93. The Morgan fingerprint density at radius 1 is 1.03 bits per heavy atom. The molecule has 0 unspecified atom stereocenters. The first kappa shape index (κ1) is 28.9. The fraction of sp³-hybridized carbons (Fsp3) is 0.174. The zero-order chi connectivity index (χ0) is 23.2. The van der Waals surface area contributed by atoms with Gasteiger partial charge in [0.2, 0.25) is 0 Å². The number of hydrogen-bond acceptors (Lipinski definition) is 8. The molecule has 0 fully saturated rings. The average Bonchev–Trinajstić information content (AvgIpc) is 3.38. The number of rotatable bonds is 6. The minimum Gasteiger partial charge on any atom is -0.780 e. The van der Waals surface area contributed by atoms with Crippen LogP contribution in [0.4, 0.5) is 0 Å². The predicted molar refractivity (Wildman–Crippen MR) is 113 cm³/mol. The van der Waals surface area contributed by atoms with Crippen LogP contribution in [0.25, 0.3) is 22.5 Å². The molecule has 4 rings (SSSR count). The summed E-state index contributed by atoms with van der Waals surface area (Å²) in [5.74, 6) is 0.254. The van der Waals surface area contributed by atoms with Crippen molar-refractivity contribution < 1.29 is 96.4 Å². The van der Waals surface area contributed by atoms with Gasteiger partial charge in [-0.15, -0.1) is 0 Å². The molecule has 0 aliphatic rings. The summed E-state index contributed by atoms with van der Waals surface area (Å²) in [6, 6.07) is 9.76. The van der Waals surface area contributed by atoms with E-state index in [0.29, 0.717) is 16.9 Å². The van der Waals surface area contributed by atoms with E-state index in [1.54, 1.807) is 43.3 Å². The Bertz CT molecular complexity index is 1390. The quantitative estimate of drug-likeness (QED) is 0.170. The molecule has 0 aliphatic carbocycles. The number of hydrogen-bond donors (Lipinski definition) is 0. The van der Waals surface area contributed by atoms with Gasteiger partial charge in [0, 0.05) is 10.9 Å². The van der Waals surface area contributed by atoms with E-state index >= 15 is 0 Å². The van der Waals surface area contributed by atoms with Gasteiger partial charge < -0.3 is 32.4 Å². The van der Waals surface area contributed by atoms with Gasteiger partial charge in [-0.3, -0.25) is 4.79 Å². The molecule has 2 aromatic heterocycles. The van der Waals surface area contributed by atoms with Crippen molar-refractivity contribution >= 4 is 24.6 Å². The molecule has 2 heterocycles. The SMILES string of the molecule is COc1cc(C(=O)c2c(-c3ccco3)oc3c(OP(=O)([O-])[O-])c(C)ccc23)cc(C)c1C.[Na+].[Na+]. The van der Waals surface area contributed by atoms with Gasteiger partial charge in [0.25, 0.3) is 0 Å². The van der Waals surface area contributed by atoms with E-state index in [1.165, 1.54) is 13.4 Å². The maximum Gasteiger partial charge on any atom is 1.00 e. The van der Waals surface area contributed by atoms with Gasteiger partial charge >= 0.3 is 59.1 Å². The Hall–Kier alpha value is -1.32. The third-order valence-electron chi connectivity index (χ3n) is 5.29. The Balaban J connectivity index is 0.00000204. The maximum atomic E-state index is 13.7. The van der Waals surface area contributed by atoms with Gasteiger partial charge in [-0.1, -0.05) is 6.07 Å². The first-order chi connectivity index (χ1) is 15.1. The van der Waals surface area contributed by atoms with Crippen LogP contribution in [-0.4, -0.2) is 12.9 Å². The van der Waals surface area contributed by atoms with E-state index in [4.69, 9.17) is 13.6 Å². The van der Waals surface area contributed by atoms with Crippen molar-refractivity contribution in [2.24, 2.45) is 0 Å². The second kappa shape index (κ2) is 11.2. The van der Waals surface area contributed by atoms with Crippen molar-refractivity contribution in [1.29, 1.82) is 0 Å². The summed E-state index contributed by atoms with van der Waals surface area (Å²) in [5.41, 5.74) is 2.58. The van der Waals surface area contributed by atoms with E-state index in [-0.39, 0.29) is 92.9 Å². The molecule has 166 valence electrons. The van der Waals surface area contributed by atoms with E-state index in [0.717, 1.165) is 11.1 Å². The number of phosphoric acid groups is 1. The maximum absolute atomic E-state index is 13.7. The number of methoxy groups -OCH3 is 1. The molecule has 0 amide bonds. The topological polar surface area (TPSA) is 125 Å². The number of carbonyl (C=O) groups is 1. The van der Waals surface area contributed by atoms with Crippen LogP contribution in [-0.2, 0) is 4.57 Å². The van der Waals surface area contributed by atoms with Crippen molar-refractivity contribution in [3.05, 3.63) is 70.5 Å². The summed E-state index contributed by atoms with van der Waals surface area (Å²) >= 11 is 0. The Morgan fingerprint density at radius 3 is 2.32 bits per heavy atom. The first-order valence-electron chi connectivity index (χ1n) is 9.62. The van der Waals surface area contributed by atoms with Crippen LogP contribution in [0, 0.1) is 20.8 Å². The minimum absolute atomic E-state index is 0. The molecule has 0 saturated carbocycles. The van der Waals surface area contributed by atoms with Gasteiger partial charge in [-0.2, -0.15) is 0 Å². The summed E-state index contributed by atoms with van der Waals surface area (Å²) < 4.78 is 32.7. The van der Waals surface area contributed by atoms with Crippen molar-refractivity contribution in [2.45, 2.75) is 20.8 Å². The standard InChI is InChI=1S/C23H21O8P.2Na/c1-12-7-8-16-19(20(24)15-10-13(2)14(3)18(11-15)28-4)23(17-6-5-9-29-17)30-22(16)21(12)31-32(25,26)27;;/h5-11H,1-4H3,(H2,25,26,27);;/q;2*+1/p-2. The van der Waals surface area contributed by atoms with E-state index in [1.807, 2.05) is 13.8 Å². The Kier molecular flexibility index (Phi) is 9.49. The summed E-state index contributed by atoms with van der Waals surface area (Å²) in [6.07, 6.45) is 1.42. The van der Waals surface area contributed by atoms with Crippen LogP contribution in [0.3, 0.4) is 0 Å². The van der Waals surface area contributed by atoms with Crippen molar-refractivity contribution in [3.63, 3.8) is 0 Å². The van der Waals surface area contributed by atoms with E-state index in [9.17, 15) is 19.1 Å². The molecule has 11 heteroatoms. The van der Waals surface area contributed by atoms with Gasteiger partial charge in [0.15, 0.2) is 28.6 Å². The third kappa shape index (κ3) is 5.57. The summed E-state index contributed by atoms with van der Waals surface area (Å²) in [7, 11) is -3.85. The molecule has 0 radical (unpaired) electrons. The van der Waals surface area contributed by atoms with Gasteiger partial charge in [-0.25, -0.2) is 0 Å². The zero-order valence-corrected chi connectivity index (χ0v) is 24.6. The van der Waals surface area contributed by atoms with Crippen molar-refractivity contribution in [2.75, 3.05) is 7.11 Å². The molecule has 0 atom stereocenters. The molecule has 4 aromatic rings. The van der Waals surface area contributed by atoms with Crippen LogP contribution in [0.5, 0.6) is 11.5 Å². The number of phosphoric ester groups is 1. The third-order valence-corrected chi connectivity index (χ3v) is 5.69. The van der Waals surface area contributed by atoms with E-state index in [2.05, 4.69) is 4.52 Å². The normalized spacial score (nSPS) is 11.0. The average molecular weight is 500 g/mol. The fourth-order valence-corrected chi connectivity index (χ4v) is 4.03. The van der Waals surface area contributed by atoms with E-state index < -0.39 is 13.6 Å². The number of fused-ring (bicyclic) bond motifs is 1. The number of ketones is 1. The summed E-state index contributed by atoms with van der Waals surface area (Å²) in [4.78, 5) is 36.3. The van der Waals surface area contributed by atoms with Gasteiger partial charge in [-0.05, 0) is 67.8 Å². The van der Waals surface area contributed by atoms with Gasteiger partial charge in [0.1, 0.15) is 13.6 Å². The number of benzene rings is 2. The fourth-order valence-electron chi connectivity index (χ4n) is 3.58. The molecule has 0 aliphatic heterocycles. The van der Waals surface area contributed by atoms with Gasteiger partial charge in [0.05, 0.1) is 18.9 Å². The summed E-state index contributed by atoms with van der Waals surface area (Å²) in [6.45, 7) is 5.32. The number of carbonyl (C=O) groups excluding carboxylic acids is 1. The van der Waals surface area contributed by atoms with Crippen LogP contribution < -0.4 is 78.2 Å². The van der Waals surface area contributed by atoms with Crippen LogP contribution in [0.2, 0.25) is 0 Å². The molecule has 2 aromatic carbocycles. The molecule has 0 saturated heterocycles. The largest absolute Gasteiger partial charge is 1.00 e. The molecule has 8 nitrogen and oxygen atoms in total. The molecular weight excluding hydrogens is 481 g/mol. The first-order valence-corrected chi connectivity index (χ1v) is 11.1. The van der Waals surface area contributed by atoms with Crippen LogP contribution in [0.15, 0.2) is 51.5 Å². The molecule has 0 spiro atoms. The molecule has 34 heavy (non-hydrogen) atoms. The van der Waals surface area contributed by atoms with Crippen LogP contribution in [0.1, 0.15) is 32.6 Å². The van der Waals surface area contributed by atoms with Crippen molar-refractivity contribution in [1.82, 2.24) is 0 Å². The van der Waals surface area contributed by atoms with Crippen LogP contribution >= 0.6 is 7.82 Å². The monoisotopic (exact) mass is 500 g/mol. The molecular formula is C23H19Na2O8P.